The molecule has 3 aliphatic rings. The third kappa shape index (κ3) is 6.79. The summed E-state index contributed by atoms with van der Waals surface area (Å²) < 4.78 is 12.1. The summed E-state index contributed by atoms with van der Waals surface area (Å²) in [7, 11) is 0. The maximum atomic E-state index is 13.2. The molecule has 4 aromatic rings. The molecule has 3 aromatic carbocycles. The molecule has 12 nitrogen and oxygen atoms in total. The smallest absolute Gasteiger partial charge is 0.322 e. The number of anilines is 1. The van der Waals surface area contributed by atoms with Crippen LogP contribution < -0.4 is 20.1 Å². The van der Waals surface area contributed by atoms with Crippen molar-refractivity contribution in [2.75, 3.05) is 5.32 Å². The molecule has 3 N–H and O–H groups in total. The van der Waals surface area contributed by atoms with Crippen LogP contribution in [0.5, 0.6) is 17.5 Å². The third-order valence-electron chi connectivity index (χ3n) is 9.83. The topological polar surface area (TPSA) is 160 Å². The summed E-state index contributed by atoms with van der Waals surface area (Å²) in [6.07, 6.45) is 3.32. The maximum absolute atomic E-state index is 13.2. The lowest BCUT2D eigenvalue weighted by atomic mass is 9.78. The molecule has 262 valence electrons. The number of nitrogens with zero attached hydrogens (tertiary/aromatic N) is 3. The van der Waals surface area contributed by atoms with E-state index in [4.69, 9.17) is 9.47 Å². The minimum atomic E-state index is -1.10. The van der Waals surface area contributed by atoms with Crippen molar-refractivity contribution in [1.82, 2.24) is 20.2 Å². The second-order valence-corrected chi connectivity index (χ2v) is 14.3. The number of fused-ring (bicyclic) bond motifs is 1. The molecule has 1 atom stereocenters. The van der Waals surface area contributed by atoms with Gasteiger partial charge in [0.2, 0.25) is 11.8 Å². The molecule has 2 aliphatic heterocycles. The van der Waals surface area contributed by atoms with Crippen molar-refractivity contribution in [3.05, 3.63) is 107 Å². The van der Waals surface area contributed by atoms with Gasteiger partial charge in [0, 0.05) is 42.6 Å². The summed E-state index contributed by atoms with van der Waals surface area (Å²) in [5.41, 5.74) is 2.52. The highest BCUT2D eigenvalue weighted by molar-refractivity contribution is 6.23. The second kappa shape index (κ2) is 12.9. The standard InChI is InChI=1S/C39H39N5O7/c1-38(2,23-7-12-27(13-8-23)51-37-40-18-17-32(42-37)39(3,4)49)22-5-10-26(11-6-22)50-28-19-25(20-28)41-24-9-14-29-30(21-24)36(48)44(35(29)47)31-15-16-33(45)43-34(31)46/h5-14,17-18,21,25,28,31,41,49H,15-16,19-20H2,1-4H3,(H,43,45,46). The summed E-state index contributed by atoms with van der Waals surface area (Å²) >= 11 is 0. The molecule has 1 saturated heterocycles. The number of imide groups is 2. The summed E-state index contributed by atoms with van der Waals surface area (Å²) in [6, 6.07) is 21.9. The molecule has 0 bridgehead atoms. The van der Waals surface area contributed by atoms with Crippen LogP contribution in [0.3, 0.4) is 0 Å². The minimum Gasteiger partial charge on any atom is -0.490 e. The van der Waals surface area contributed by atoms with E-state index in [-0.39, 0.29) is 47.5 Å². The quantitative estimate of drug-likeness (QED) is 0.188. The van der Waals surface area contributed by atoms with Gasteiger partial charge in [-0.05, 0) is 79.9 Å². The average Bonchev–Trinajstić information content (AvgIpc) is 3.32. The van der Waals surface area contributed by atoms with Gasteiger partial charge in [0.25, 0.3) is 11.8 Å². The Hall–Kier alpha value is -5.62. The van der Waals surface area contributed by atoms with Crippen LogP contribution in [-0.2, 0) is 20.6 Å². The summed E-state index contributed by atoms with van der Waals surface area (Å²) in [5.74, 6) is -0.704. The first-order valence-electron chi connectivity index (χ1n) is 17.0. The van der Waals surface area contributed by atoms with Crippen LogP contribution in [-0.4, -0.2) is 61.8 Å². The summed E-state index contributed by atoms with van der Waals surface area (Å²) in [4.78, 5) is 59.5. The van der Waals surface area contributed by atoms with Crippen molar-refractivity contribution in [2.45, 2.75) is 82.6 Å². The van der Waals surface area contributed by atoms with E-state index >= 15 is 0 Å². The fourth-order valence-electron chi connectivity index (χ4n) is 6.66. The fraction of sp³-hybridized carbons (Fsp3) is 0.333. The van der Waals surface area contributed by atoms with Gasteiger partial charge in [-0.15, -0.1) is 0 Å². The molecule has 1 aromatic heterocycles. The highest BCUT2D eigenvalue weighted by atomic mass is 16.5. The van der Waals surface area contributed by atoms with Crippen molar-refractivity contribution in [2.24, 2.45) is 0 Å². The first-order valence-corrected chi connectivity index (χ1v) is 17.0. The molecule has 2 fully saturated rings. The number of piperidine rings is 1. The molecular weight excluding hydrogens is 650 g/mol. The van der Waals surface area contributed by atoms with Gasteiger partial charge in [0.15, 0.2) is 0 Å². The summed E-state index contributed by atoms with van der Waals surface area (Å²) in [5, 5.41) is 15.9. The number of ether oxygens (including phenoxy) is 2. The molecule has 1 saturated carbocycles. The monoisotopic (exact) mass is 689 g/mol. The van der Waals surface area contributed by atoms with E-state index in [1.54, 1.807) is 44.3 Å². The molecule has 3 heterocycles. The molecule has 4 amide bonds. The lowest BCUT2D eigenvalue weighted by Crippen LogP contribution is -2.54. The van der Waals surface area contributed by atoms with Crippen LogP contribution in [0.4, 0.5) is 5.69 Å². The van der Waals surface area contributed by atoms with Crippen LogP contribution in [0.2, 0.25) is 0 Å². The summed E-state index contributed by atoms with van der Waals surface area (Å²) in [6.45, 7) is 7.64. The molecule has 1 unspecified atom stereocenters. The van der Waals surface area contributed by atoms with Crippen molar-refractivity contribution in [3.8, 4) is 17.5 Å². The molecule has 0 radical (unpaired) electrons. The zero-order valence-corrected chi connectivity index (χ0v) is 28.8. The van der Waals surface area contributed by atoms with Crippen molar-refractivity contribution >= 4 is 29.3 Å². The number of nitrogens with one attached hydrogen (secondary N) is 2. The van der Waals surface area contributed by atoms with E-state index in [1.165, 1.54) is 0 Å². The van der Waals surface area contributed by atoms with Crippen molar-refractivity contribution in [3.63, 3.8) is 0 Å². The van der Waals surface area contributed by atoms with E-state index < -0.39 is 35.3 Å². The van der Waals surface area contributed by atoms with Gasteiger partial charge in [-0.25, -0.2) is 4.98 Å². The van der Waals surface area contributed by atoms with Crippen LogP contribution in [0.1, 0.15) is 90.9 Å². The van der Waals surface area contributed by atoms with Gasteiger partial charge >= 0.3 is 6.01 Å². The molecule has 1 aliphatic carbocycles. The predicted octanol–water partition coefficient (Wildman–Crippen LogP) is 5.25. The number of hydrogen-bond donors (Lipinski definition) is 3. The van der Waals surface area contributed by atoms with Crippen LogP contribution in [0.25, 0.3) is 0 Å². The second-order valence-electron chi connectivity index (χ2n) is 14.3. The SMILES string of the molecule is CC(C)(O)c1ccnc(Oc2ccc(C(C)(C)c3ccc(OC4CC(Nc5ccc6c(c5)C(=O)N(C5CCC(=O)NC5=O)C6=O)C4)cc3)cc2)n1. The Balaban J connectivity index is 0.916. The van der Waals surface area contributed by atoms with Crippen molar-refractivity contribution in [1.29, 1.82) is 0 Å². The average molecular weight is 690 g/mol. The molecule has 12 heteroatoms. The van der Waals surface area contributed by atoms with Crippen LogP contribution in [0.15, 0.2) is 79.0 Å². The van der Waals surface area contributed by atoms with Gasteiger partial charge in [0.05, 0.1) is 16.8 Å². The van der Waals surface area contributed by atoms with Crippen molar-refractivity contribution < 1.29 is 33.8 Å². The van der Waals surface area contributed by atoms with E-state index in [2.05, 4.69) is 46.6 Å². The predicted molar refractivity (Wildman–Crippen MR) is 187 cm³/mol. The third-order valence-corrected chi connectivity index (χ3v) is 9.83. The van der Waals surface area contributed by atoms with Gasteiger partial charge in [-0.1, -0.05) is 38.1 Å². The van der Waals surface area contributed by atoms with Gasteiger partial charge < -0.3 is 19.9 Å². The van der Waals surface area contributed by atoms with E-state index in [0.717, 1.165) is 34.6 Å². The van der Waals surface area contributed by atoms with E-state index in [0.29, 0.717) is 17.1 Å². The highest BCUT2D eigenvalue weighted by Crippen LogP contribution is 2.36. The Bertz CT molecular complexity index is 2020. The number of benzene rings is 3. The fourth-order valence-corrected chi connectivity index (χ4v) is 6.66. The molecule has 7 rings (SSSR count). The number of amides is 4. The number of rotatable bonds is 10. The van der Waals surface area contributed by atoms with Gasteiger partial charge in [-0.3, -0.25) is 29.4 Å². The van der Waals surface area contributed by atoms with Crippen LogP contribution >= 0.6 is 0 Å². The molecular formula is C39H39N5O7. The number of hydrogen-bond acceptors (Lipinski definition) is 10. The lowest BCUT2D eigenvalue weighted by Gasteiger charge is -2.36. The normalized spacial score (nSPS) is 20.4. The minimum absolute atomic E-state index is 0.0303. The lowest BCUT2D eigenvalue weighted by molar-refractivity contribution is -0.136. The van der Waals surface area contributed by atoms with Gasteiger partial charge in [-0.2, -0.15) is 4.98 Å². The van der Waals surface area contributed by atoms with E-state index in [9.17, 15) is 24.3 Å². The first kappa shape index (κ1) is 33.9. The maximum Gasteiger partial charge on any atom is 0.322 e. The zero-order chi connectivity index (χ0) is 36.1. The molecule has 51 heavy (non-hydrogen) atoms. The number of carbonyl (C=O) groups is 4. The Morgan fingerprint density at radius 3 is 2.14 bits per heavy atom. The molecule has 0 spiro atoms. The number of aliphatic hydroxyl groups is 1. The van der Waals surface area contributed by atoms with E-state index in [1.807, 2.05) is 36.4 Å². The number of aromatic nitrogens is 2. The van der Waals surface area contributed by atoms with Crippen LogP contribution in [0, 0.1) is 0 Å². The largest absolute Gasteiger partial charge is 0.490 e. The Labute approximate surface area is 295 Å². The van der Waals surface area contributed by atoms with Gasteiger partial charge in [0.1, 0.15) is 29.2 Å². The Morgan fingerprint density at radius 2 is 1.49 bits per heavy atom. The Morgan fingerprint density at radius 1 is 0.843 bits per heavy atom. The Kier molecular flexibility index (Phi) is 8.58. The highest BCUT2D eigenvalue weighted by Gasteiger charge is 2.45. The first-order chi connectivity index (χ1) is 24.3. The number of carbonyl (C=O) groups excluding carboxylic acids is 4. The zero-order valence-electron chi connectivity index (χ0n) is 28.8.